The normalized spacial score (nSPS) is 10.8. The van der Waals surface area contributed by atoms with E-state index in [0.29, 0.717) is 12.1 Å². The number of nitrogens with zero attached hydrogens (tertiary/aromatic N) is 2. The molecule has 0 aliphatic heterocycles. The van der Waals surface area contributed by atoms with E-state index in [-0.39, 0.29) is 11.5 Å². The molecule has 1 aromatic heterocycles. The molecule has 0 amide bonds. The molecule has 110 valence electrons. The molecule has 0 fully saturated rings. The van der Waals surface area contributed by atoms with Crippen LogP contribution >= 0.6 is 0 Å². The van der Waals surface area contributed by atoms with Crippen molar-refractivity contribution in [2.24, 2.45) is 7.05 Å². The number of anilines is 1. The first-order chi connectivity index (χ1) is 10.0. The zero-order valence-electron chi connectivity index (χ0n) is 11.4. The molecule has 0 aliphatic rings. The summed E-state index contributed by atoms with van der Waals surface area (Å²) < 4.78 is 28.1. The maximum atomic E-state index is 12.1. The van der Waals surface area contributed by atoms with Crippen LogP contribution in [-0.4, -0.2) is 29.9 Å². The standard InChI is InChI=1S/C14H15N3O3S/c1-17-11-14(10-15-17)21(19,20)16-13-7-5-12(6-8-13)4-2-3-9-18/h5-8,10-11,16,18H,3,9H2,1H3. The predicted molar refractivity (Wildman–Crippen MR) is 79.0 cm³/mol. The van der Waals surface area contributed by atoms with Crippen LogP contribution in [0.25, 0.3) is 0 Å². The summed E-state index contributed by atoms with van der Waals surface area (Å²) in [5.41, 5.74) is 1.21. The van der Waals surface area contributed by atoms with Crippen molar-refractivity contribution in [3.8, 4) is 11.8 Å². The molecule has 6 nitrogen and oxygen atoms in total. The first-order valence-corrected chi connectivity index (χ1v) is 7.71. The zero-order valence-corrected chi connectivity index (χ0v) is 12.3. The number of rotatable bonds is 4. The van der Waals surface area contributed by atoms with Gasteiger partial charge in [-0.15, -0.1) is 0 Å². The van der Waals surface area contributed by atoms with Crippen LogP contribution in [0.1, 0.15) is 12.0 Å². The second-order valence-corrected chi connectivity index (χ2v) is 5.99. The van der Waals surface area contributed by atoms with E-state index < -0.39 is 10.0 Å². The Labute approximate surface area is 123 Å². The Morgan fingerprint density at radius 1 is 1.33 bits per heavy atom. The van der Waals surface area contributed by atoms with Crippen molar-refractivity contribution in [2.75, 3.05) is 11.3 Å². The highest BCUT2D eigenvalue weighted by atomic mass is 32.2. The lowest BCUT2D eigenvalue weighted by Gasteiger charge is -2.05. The van der Waals surface area contributed by atoms with Gasteiger partial charge in [0, 0.05) is 30.9 Å². The van der Waals surface area contributed by atoms with Crippen molar-refractivity contribution in [1.29, 1.82) is 0 Å². The van der Waals surface area contributed by atoms with Crippen LogP contribution in [0.3, 0.4) is 0 Å². The molecular weight excluding hydrogens is 290 g/mol. The fraction of sp³-hybridized carbons (Fsp3) is 0.214. The summed E-state index contributed by atoms with van der Waals surface area (Å²) >= 11 is 0. The van der Waals surface area contributed by atoms with E-state index in [9.17, 15) is 8.42 Å². The van der Waals surface area contributed by atoms with Crippen molar-refractivity contribution in [3.63, 3.8) is 0 Å². The quantitative estimate of drug-likeness (QED) is 0.824. The largest absolute Gasteiger partial charge is 0.395 e. The predicted octanol–water partition coefficient (Wildman–Crippen LogP) is 0.955. The van der Waals surface area contributed by atoms with E-state index in [1.807, 2.05) is 0 Å². The highest BCUT2D eigenvalue weighted by molar-refractivity contribution is 7.92. The van der Waals surface area contributed by atoms with Gasteiger partial charge in [-0.2, -0.15) is 5.10 Å². The summed E-state index contributed by atoms with van der Waals surface area (Å²) in [4.78, 5) is 0.108. The Morgan fingerprint density at radius 2 is 2.05 bits per heavy atom. The maximum absolute atomic E-state index is 12.1. The van der Waals surface area contributed by atoms with Gasteiger partial charge in [0.15, 0.2) is 0 Å². The molecule has 0 aliphatic carbocycles. The molecule has 2 aromatic rings. The molecule has 2 rings (SSSR count). The Bertz CT molecular complexity index is 768. The lowest BCUT2D eigenvalue weighted by Crippen LogP contribution is -2.12. The average molecular weight is 305 g/mol. The molecule has 0 radical (unpaired) electrons. The minimum absolute atomic E-state index is 0.0238. The summed E-state index contributed by atoms with van der Waals surface area (Å²) in [6.07, 6.45) is 3.13. The fourth-order valence-electron chi connectivity index (χ4n) is 1.59. The van der Waals surface area contributed by atoms with E-state index in [1.54, 1.807) is 31.3 Å². The van der Waals surface area contributed by atoms with Crippen LogP contribution in [0.4, 0.5) is 5.69 Å². The molecule has 0 spiro atoms. The Morgan fingerprint density at radius 3 is 2.62 bits per heavy atom. The lowest BCUT2D eigenvalue weighted by molar-refractivity contribution is 0.305. The van der Waals surface area contributed by atoms with Crippen LogP contribution < -0.4 is 4.72 Å². The summed E-state index contributed by atoms with van der Waals surface area (Å²) in [7, 11) is -1.98. The Hall–Kier alpha value is -2.30. The van der Waals surface area contributed by atoms with Gasteiger partial charge in [0.25, 0.3) is 10.0 Å². The van der Waals surface area contributed by atoms with Crippen LogP contribution in [-0.2, 0) is 17.1 Å². The van der Waals surface area contributed by atoms with Gasteiger partial charge in [-0.3, -0.25) is 9.40 Å². The van der Waals surface area contributed by atoms with E-state index in [1.165, 1.54) is 17.1 Å². The number of aliphatic hydroxyl groups excluding tert-OH is 1. The highest BCUT2D eigenvalue weighted by Gasteiger charge is 2.15. The van der Waals surface area contributed by atoms with E-state index >= 15 is 0 Å². The molecule has 1 heterocycles. The van der Waals surface area contributed by atoms with E-state index in [2.05, 4.69) is 21.7 Å². The minimum Gasteiger partial charge on any atom is -0.395 e. The first-order valence-electron chi connectivity index (χ1n) is 6.22. The van der Waals surface area contributed by atoms with Crippen molar-refractivity contribution >= 4 is 15.7 Å². The van der Waals surface area contributed by atoms with Crippen molar-refractivity contribution in [2.45, 2.75) is 11.3 Å². The number of aromatic nitrogens is 2. The second-order valence-electron chi connectivity index (χ2n) is 4.31. The number of aliphatic hydroxyl groups is 1. The third kappa shape index (κ3) is 4.08. The Balaban J connectivity index is 2.12. The lowest BCUT2D eigenvalue weighted by atomic mass is 10.2. The molecule has 2 N–H and O–H groups in total. The average Bonchev–Trinajstić information content (AvgIpc) is 2.88. The summed E-state index contributed by atoms with van der Waals surface area (Å²) in [6.45, 7) is 0.0238. The highest BCUT2D eigenvalue weighted by Crippen LogP contribution is 2.15. The third-order valence-corrected chi connectivity index (χ3v) is 3.93. The molecule has 0 saturated heterocycles. The minimum atomic E-state index is -3.63. The van der Waals surface area contributed by atoms with Crippen LogP contribution in [0.15, 0.2) is 41.6 Å². The fourth-order valence-corrected chi connectivity index (χ4v) is 2.64. The molecule has 0 unspecified atom stereocenters. The summed E-state index contributed by atoms with van der Waals surface area (Å²) in [5, 5.41) is 12.5. The monoisotopic (exact) mass is 305 g/mol. The van der Waals surface area contributed by atoms with Crippen molar-refractivity contribution in [3.05, 3.63) is 42.2 Å². The molecule has 0 bridgehead atoms. The van der Waals surface area contributed by atoms with Crippen LogP contribution in [0.5, 0.6) is 0 Å². The summed E-state index contributed by atoms with van der Waals surface area (Å²) in [5.74, 6) is 5.67. The van der Waals surface area contributed by atoms with Crippen molar-refractivity contribution < 1.29 is 13.5 Å². The topological polar surface area (TPSA) is 84.2 Å². The number of benzene rings is 1. The van der Waals surface area contributed by atoms with Gasteiger partial charge >= 0.3 is 0 Å². The van der Waals surface area contributed by atoms with Gasteiger partial charge in [0.1, 0.15) is 4.90 Å². The molecular formula is C14H15N3O3S. The zero-order chi connectivity index (χ0) is 15.3. The molecule has 21 heavy (non-hydrogen) atoms. The second kappa shape index (κ2) is 6.43. The van der Waals surface area contributed by atoms with Gasteiger partial charge in [0.2, 0.25) is 0 Å². The smallest absolute Gasteiger partial charge is 0.265 e. The first kappa shape index (κ1) is 15.1. The molecule has 0 saturated carbocycles. The number of hydrogen-bond donors (Lipinski definition) is 2. The maximum Gasteiger partial charge on any atom is 0.265 e. The number of aryl methyl sites for hydroxylation is 1. The molecule has 7 heteroatoms. The van der Waals surface area contributed by atoms with Crippen LogP contribution in [0.2, 0.25) is 0 Å². The van der Waals surface area contributed by atoms with Gasteiger partial charge in [-0.1, -0.05) is 11.8 Å². The molecule has 1 aromatic carbocycles. The SMILES string of the molecule is Cn1cc(S(=O)(=O)Nc2ccc(C#CCCO)cc2)cn1. The van der Waals surface area contributed by atoms with E-state index in [4.69, 9.17) is 5.11 Å². The third-order valence-electron chi connectivity index (χ3n) is 2.60. The number of sulfonamides is 1. The number of nitrogens with one attached hydrogen (secondary N) is 1. The number of hydrogen-bond acceptors (Lipinski definition) is 4. The van der Waals surface area contributed by atoms with Crippen molar-refractivity contribution in [1.82, 2.24) is 9.78 Å². The van der Waals surface area contributed by atoms with Gasteiger partial charge in [-0.25, -0.2) is 8.42 Å². The van der Waals surface area contributed by atoms with Gasteiger partial charge in [-0.05, 0) is 24.3 Å². The van der Waals surface area contributed by atoms with Gasteiger partial charge < -0.3 is 5.11 Å². The summed E-state index contributed by atoms with van der Waals surface area (Å²) in [6, 6.07) is 6.70. The molecule has 0 atom stereocenters. The van der Waals surface area contributed by atoms with E-state index in [0.717, 1.165) is 5.56 Å². The van der Waals surface area contributed by atoms with Crippen LogP contribution in [0, 0.1) is 11.8 Å². The Kier molecular flexibility index (Phi) is 4.62. The van der Waals surface area contributed by atoms with Gasteiger partial charge in [0.05, 0.1) is 12.8 Å².